The molecule has 0 aromatic heterocycles. The lowest BCUT2D eigenvalue weighted by molar-refractivity contribution is -0.116. The lowest BCUT2D eigenvalue weighted by atomic mass is 10.1. The van der Waals surface area contributed by atoms with Crippen molar-refractivity contribution in [2.45, 2.75) is 54.7 Å². The highest BCUT2D eigenvalue weighted by Gasteiger charge is 2.18. The molecule has 194 valence electrons. The van der Waals surface area contributed by atoms with Gasteiger partial charge in [-0.1, -0.05) is 104 Å². The molecule has 0 aliphatic heterocycles. The van der Waals surface area contributed by atoms with Crippen LogP contribution in [0.15, 0.2) is 97.1 Å². The summed E-state index contributed by atoms with van der Waals surface area (Å²) in [6.45, 7) is 12.2. The molecule has 0 fully saturated rings. The molecular formula is C33H38FNO2. The Morgan fingerprint density at radius 3 is 1.97 bits per heavy atom. The zero-order chi connectivity index (χ0) is 27.2. The minimum Gasteiger partial charge on any atom is -0.489 e. The van der Waals surface area contributed by atoms with E-state index < -0.39 is 0 Å². The summed E-state index contributed by atoms with van der Waals surface area (Å²) in [5.41, 5.74) is 5.76. The van der Waals surface area contributed by atoms with Gasteiger partial charge in [-0.05, 0) is 50.1 Å². The first-order valence-corrected chi connectivity index (χ1v) is 12.7. The number of anilines is 1. The molecule has 4 aromatic rings. The van der Waals surface area contributed by atoms with Crippen molar-refractivity contribution in [3.8, 4) is 5.75 Å². The van der Waals surface area contributed by atoms with Crippen molar-refractivity contribution in [1.82, 2.24) is 0 Å². The fourth-order valence-corrected chi connectivity index (χ4v) is 3.65. The van der Waals surface area contributed by atoms with E-state index in [-0.39, 0.29) is 11.7 Å². The summed E-state index contributed by atoms with van der Waals surface area (Å²) in [7, 11) is 0. The molecule has 4 heteroatoms. The van der Waals surface area contributed by atoms with Crippen LogP contribution < -0.4 is 9.64 Å². The molecule has 0 N–H and O–H groups in total. The second-order valence-electron chi connectivity index (χ2n) is 8.58. The third-order valence-electron chi connectivity index (χ3n) is 5.56. The van der Waals surface area contributed by atoms with Gasteiger partial charge in [0.1, 0.15) is 18.2 Å². The summed E-state index contributed by atoms with van der Waals surface area (Å²) in [5.74, 6) is 0.204. The van der Waals surface area contributed by atoms with Crippen molar-refractivity contribution < 1.29 is 13.9 Å². The molecule has 0 aliphatic carbocycles. The van der Waals surface area contributed by atoms with Crippen LogP contribution in [0.4, 0.5) is 10.1 Å². The van der Waals surface area contributed by atoms with Gasteiger partial charge >= 0.3 is 0 Å². The predicted molar refractivity (Wildman–Crippen MR) is 152 cm³/mol. The van der Waals surface area contributed by atoms with Crippen LogP contribution in [0.5, 0.6) is 5.75 Å². The van der Waals surface area contributed by atoms with E-state index in [4.69, 9.17) is 4.74 Å². The Hall–Kier alpha value is -3.92. The van der Waals surface area contributed by atoms with Gasteiger partial charge in [-0.3, -0.25) is 4.79 Å². The summed E-state index contributed by atoms with van der Waals surface area (Å²) in [5, 5.41) is 0. The SMILES string of the molecule is CC.CC(=O)N(Cc1cc(C)ccc1OCc1ccccc1)c1cc(F)ccc1C.Cc1ccccc1. The van der Waals surface area contributed by atoms with E-state index in [2.05, 4.69) is 19.1 Å². The Bertz CT molecular complexity index is 1240. The minimum atomic E-state index is -0.364. The number of carbonyl (C=O) groups excluding carboxylic acids is 1. The fourth-order valence-electron chi connectivity index (χ4n) is 3.65. The van der Waals surface area contributed by atoms with Crippen LogP contribution in [0, 0.1) is 26.6 Å². The molecule has 0 bridgehead atoms. The van der Waals surface area contributed by atoms with E-state index in [9.17, 15) is 9.18 Å². The molecule has 1 amide bonds. The second kappa shape index (κ2) is 15.2. The van der Waals surface area contributed by atoms with Crippen LogP contribution in [0.25, 0.3) is 0 Å². The van der Waals surface area contributed by atoms with Crippen LogP contribution in [-0.4, -0.2) is 5.91 Å². The lowest BCUT2D eigenvalue weighted by Crippen LogP contribution is -2.29. The standard InChI is InChI=1S/C24H24FNO2.C7H8.C2H6/c1-17-9-12-24(28-16-20-7-5-4-6-8-20)21(13-17)15-26(19(3)27)23-14-22(25)11-10-18(23)2;1-7-5-3-2-4-6-7;1-2/h4-14H,15-16H2,1-3H3;2-6H,1H3;1-2H3. The van der Waals surface area contributed by atoms with E-state index in [0.29, 0.717) is 18.8 Å². The highest BCUT2D eigenvalue weighted by Crippen LogP contribution is 2.28. The van der Waals surface area contributed by atoms with E-state index in [1.807, 2.05) is 94.4 Å². The number of nitrogens with zero attached hydrogens (tertiary/aromatic N) is 1. The lowest BCUT2D eigenvalue weighted by Gasteiger charge is -2.25. The maximum Gasteiger partial charge on any atom is 0.224 e. The molecule has 0 saturated carbocycles. The molecule has 0 radical (unpaired) electrons. The topological polar surface area (TPSA) is 29.5 Å². The van der Waals surface area contributed by atoms with Crippen molar-refractivity contribution in [3.05, 3.63) is 131 Å². The van der Waals surface area contributed by atoms with Crippen LogP contribution in [0.1, 0.15) is 48.6 Å². The van der Waals surface area contributed by atoms with Gasteiger partial charge in [0.15, 0.2) is 0 Å². The van der Waals surface area contributed by atoms with Gasteiger partial charge < -0.3 is 9.64 Å². The number of amides is 1. The van der Waals surface area contributed by atoms with Gasteiger partial charge in [0.25, 0.3) is 0 Å². The fraction of sp³-hybridized carbons (Fsp3) is 0.242. The Labute approximate surface area is 221 Å². The van der Waals surface area contributed by atoms with E-state index in [1.165, 1.54) is 24.6 Å². The molecule has 37 heavy (non-hydrogen) atoms. The molecule has 0 atom stereocenters. The zero-order valence-corrected chi connectivity index (χ0v) is 22.8. The number of carbonyl (C=O) groups is 1. The Morgan fingerprint density at radius 2 is 1.41 bits per heavy atom. The molecule has 3 nitrogen and oxygen atoms in total. The van der Waals surface area contributed by atoms with Crippen molar-refractivity contribution in [1.29, 1.82) is 0 Å². The molecule has 4 rings (SSSR count). The van der Waals surface area contributed by atoms with Crippen molar-refractivity contribution >= 4 is 11.6 Å². The van der Waals surface area contributed by atoms with Gasteiger partial charge in [-0.2, -0.15) is 0 Å². The van der Waals surface area contributed by atoms with E-state index in [1.54, 1.807) is 11.0 Å². The zero-order valence-electron chi connectivity index (χ0n) is 22.8. The summed E-state index contributed by atoms with van der Waals surface area (Å²) in [4.78, 5) is 13.9. The second-order valence-corrected chi connectivity index (χ2v) is 8.58. The van der Waals surface area contributed by atoms with Gasteiger partial charge in [-0.15, -0.1) is 0 Å². The Kier molecular flexibility index (Phi) is 12.1. The Morgan fingerprint density at radius 1 is 0.784 bits per heavy atom. The molecule has 0 heterocycles. The number of benzene rings is 4. The molecule has 0 spiro atoms. The van der Waals surface area contributed by atoms with Crippen molar-refractivity contribution in [2.75, 3.05) is 4.90 Å². The molecule has 4 aromatic carbocycles. The number of ether oxygens (including phenoxy) is 1. The van der Waals surface area contributed by atoms with E-state index >= 15 is 0 Å². The number of halogens is 1. The van der Waals surface area contributed by atoms with Crippen molar-refractivity contribution in [3.63, 3.8) is 0 Å². The van der Waals surface area contributed by atoms with Crippen LogP contribution in [0.2, 0.25) is 0 Å². The summed E-state index contributed by atoms with van der Waals surface area (Å²) < 4.78 is 19.8. The summed E-state index contributed by atoms with van der Waals surface area (Å²) >= 11 is 0. The van der Waals surface area contributed by atoms with Gasteiger partial charge in [-0.25, -0.2) is 4.39 Å². The van der Waals surface area contributed by atoms with Gasteiger partial charge in [0, 0.05) is 18.2 Å². The summed E-state index contributed by atoms with van der Waals surface area (Å²) in [6, 6.07) is 30.6. The molecule has 0 aliphatic rings. The first kappa shape index (κ1) is 29.3. The summed E-state index contributed by atoms with van der Waals surface area (Å²) in [6.07, 6.45) is 0. The smallest absolute Gasteiger partial charge is 0.224 e. The van der Waals surface area contributed by atoms with Crippen LogP contribution in [-0.2, 0) is 17.9 Å². The maximum absolute atomic E-state index is 13.8. The molecule has 0 saturated heterocycles. The molecular weight excluding hydrogens is 461 g/mol. The van der Waals surface area contributed by atoms with Crippen LogP contribution in [0.3, 0.4) is 0 Å². The minimum absolute atomic E-state index is 0.149. The highest BCUT2D eigenvalue weighted by atomic mass is 19.1. The average molecular weight is 500 g/mol. The van der Waals surface area contributed by atoms with Crippen LogP contribution >= 0.6 is 0 Å². The first-order valence-electron chi connectivity index (χ1n) is 12.7. The van der Waals surface area contributed by atoms with E-state index in [0.717, 1.165) is 28.0 Å². The van der Waals surface area contributed by atoms with Crippen molar-refractivity contribution in [2.24, 2.45) is 0 Å². The maximum atomic E-state index is 13.8. The third kappa shape index (κ3) is 9.57. The number of hydrogen-bond acceptors (Lipinski definition) is 2. The normalized spacial score (nSPS) is 9.81. The number of aryl methyl sites for hydroxylation is 3. The quantitative estimate of drug-likeness (QED) is 0.266. The first-order chi connectivity index (χ1) is 17.8. The average Bonchev–Trinajstić information content (AvgIpc) is 2.91. The number of rotatable bonds is 6. The third-order valence-corrected chi connectivity index (χ3v) is 5.56. The predicted octanol–water partition coefficient (Wildman–Crippen LogP) is 8.60. The highest BCUT2D eigenvalue weighted by molar-refractivity contribution is 5.92. The van der Waals surface area contributed by atoms with Gasteiger partial charge in [0.05, 0.1) is 6.54 Å². The molecule has 0 unspecified atom stereocenters. The monoisotopic (exact) mass is 499 g/mol. The Balaban J connectivity index is 0.000000455. The largest absolute Gasteiger partial charge is 0.489 e. The van der Waals surface area contributed by atoms with Gasteiger partial charge in [0.2, 0.25) is 5.91 Å². The number of hydrogen-bond donors (Lipinski definition) is 0.